The topological polar surface area (TPSA) is 98.8 Å². The molecular formula is C2H2O9P2Si. The van der Waals surface area contributed by atoms with Crippen LogP contribution in [0.2, 0.25) is 0 Å². The van der Waals surface area contributed by atoms with Crippen LogP contribution >= 0.6 is 15.6 Å². The van der Waals surface area contributed by atoms with Crippen LogP contribution in [-0.4, -0.2) is 20.4 Å². The molecule has 5 aliphatic heterocycles. The quantitative estimate of drug-likeness (QED) is 0.349. The number of hydrogen-bond acceptors (Lipinski definition) is 9. The van der Waals surface area contributed by atoms with E-state index in [0.29, 0.717) is 0 Å². The molecule has 0 amide bonds. The van der Waals surface area contributed by atoms with Gasteiger partial charge in [-0.2, -0.15) is 0 Å². The molecule has 0 aromatic carbocycles. The summed E-state index contributed by atoms with van der Waals surface area (Å²) >= 11 is 0. The second-order valence-electron chi connectivity index (χ2n) is 3.00. The predicted molar refractivity (Wildman–Crippen MR) is 36.2 cm³/mol. The monoisotopic (exact) mass is 260 g/mol. The maximum absolute atomic E-state index is 11.5. The summed E-state index contributed by atoms with van der Waals surface area (Å²) in [7, 11) is -10.5. The molecule has 5 heterocycles. The van der Waals surface area contributed by atoms with E-state index in [1.807, 2.05) is 0 Å². The molecule has 0 saturated carbocycles. The summed E-state index contributed by atoms with van der Waals surface area (Å²) in [6, 6.07) is 0. The fraction of sp³-hybridized carbons (Fsp3) is 1.00. The highest BCUT2D eigenvalue weighted by molar-refractivity contribution is 7.54. The van der Waals surface area contributed by atoms with E-state index < -0.39 is 29.8 Å². The van der Waals surface area contributed by atoms with Gasteiger partial charge in [0.1, 0.15) is 6.23 Å². The summed E-state index contributed by atoms with van der Waals surface area (Å²) in [6.07, 6.45) is -0.158. The van der Waals surface area contributed by atoms with Gasteiger partial charge in [0.2, 0.25) is 0 Å². The summed E-state index contributed by atoms with van der Waals surface area (Å²) in [5.74, 6) is 0. The minimum atomic E-state index is -3.76. The molecule has 9 nitrogen and oxygen atoms in total. The van der Waals surface area contributed by atoms with E-state index in [1.165, 1.54) is 0 Å². The van der Waals surface area contributed by atoms with Gasteiger partial charge < -0.3 is 0 Å². The maximum Gasteiger partial charge on any atom is 0.508 e. The van der Waals surface area contributed by atoms with Crippen molar-refractivity contribution in [2.24, 2.45) is 0 Å². The van der Waals surface area contributed by atoms with Gasteiger partial charge in [0.05, 0.1) is 0 Å². The normalized spacial score (nSPS) is 68.9. The molecule has 2 spiro atoms. The second-order valence-corrected chi connectivity index (χ2v) is 9.05. The van der Waals surface area contributed by atoms with Gasteiger partial charge in [-0.25, -0.2) is 27.3 Å². The van der Waals surface area contributed by atoms with E-state index in [0.717, 1.165) is 0 Å². The highest BCUT2D eigenvalue weighted by atomic mass is 31.2. The number of phosphoric acid groups is 2. The van der Waals surface area contributed by atoms with Crippen LogP contribution in [-0.2, 0) is 40.7 Å². The summed E-state index contributed by atoms with van der Waals surface area (Å²) in [4.78, 5) is 0. The third-order valence-corrected chi connectivity index (χ3v) is 9.28. The first kappa shape index (κ1) is 8.54. The van der Waals surface area contributed by atoms with E-state index >= 15 is 0 Å². The Morgan fingerprint density at radius 2 is 1.86 bits per heavy atom. The van der Waals surface area contributed by atoms with Crippen molar-refractivity contribution >= 4 is 24.2 Å². The zero-order valence-corrected chi connectivity index (χ0v) is 9.06. The Labute approximate surface area is 77.5 Å². The third kappa shape index (κ3) is 0.717. The first-order valence-corrected chi connectivity index (χ1v) is 8.48. The lowest BCUT2D eigenvalue weighted by Gasteiger charge is -2.49. The molecule has 12 heteroatoms. The van der Waals surface area contributed by atoms with E-state index in [1.54, 1.807) is 0 Å². The van der Waals surface area contributed by atoms with Crippen molar-refractivity contribution < 1.29 is 40.7 Å². The SMILES string of the molecule is O=P12OC[Si]34OOP(=O)(OC3(O1)O2)O4. The van der Waals surface area contributed by atoms with Crippen LogP contribution in [0.5, 0.6) is 0 Å². The summed E-state index contributed by atoms with van der Waals surface area (Å²) in [5.41, 5.74) is -1.73. The van der Waals surface area contributed by atoms with Crippen molar-refractivity contribution in [3.8, 4) is 0 Å². The number of hydrogen-bond donors (Lipinski definition) is 0. The molecule has 0 radical (unpaired) electrons. The highest BCUT2D eigenvalue weighted by Crippen LogP contribution is 2.82. The Balaban J connectivity index is 1.88. The van der Waals surface area contributed by atoms with Crippen LogP contribution in [0.15, 0.2) is 0 Å². The summed E-state index contributed by atoms with van der Waals surface area (Å²) in [6.45, 7) is 0. The minimum Gasteiger partial charge on any atom is -0.290 e. The molecule has 0 aromatic rings. The molecule has 14 heavy (non-hydrogen) atoms. The molecule has 5 saturated heterocycles. The molecule has 4 bridgehead atoms. The number of phosphoric ester groups is 1. The fourth-order valence-corrected chi connectivity index (χ4v) is 10.5. The Bertz CT molecular complexity index is 423. The van der Waals surface area contributed by atoms with Gasteiger partial charge in [-0.1, -0.05) is 0 Å². The van der Waals surface area contributed by atoms with E-state index in [2.05, 4.69) is 4.67 Å². The van der Waals surface area contributed by atoms with Gasteiger partial charge in [-0.3, -0.25) is 8.74 Å². The van der Waals surface area contributed by atoms with E-state index in [-0.39, 0.29) is 6.23 Å². The minimum absolute atomic E-state index is 0.158. The zero-order valence-electron chi connectivity index (χ0n) is 6.28. The molecule has 5 fully saturated rings. The average molecular weight is 260 g/mol. The summed E-state index contributed by atoms with van der Waals surface area (Å²) < 4.78 is 56.0. The molecule has 0 aromatic heterocycles. The Kier molecular flexibility index (Phi) is 1.20. The van der Waals surface area contributed by atoms with Gasteiger partial charge >= 0.3 is 29.8 Å². The maximum atomic E-state index is 11.5. The number of fused-ring (bicyclic) bond motifs is 2. The molecule has 2 atom stereocenters. The predicted octanol–water partition coefficient (Wildman–Crippen LogP) is 0.463. The highest BCUT2D eigenvalue weighted by Gasteiger charge is 2.91. The smallest absolute Gasteiger partial charge is 0.290 e. The molecule has 0 N–H and O–H groups in total. The Morgan fingerprint density at radius 1 is 1.14 bits per heavy atom. The van der Waals surface area contributed by atoms with Crippen LogP contribution < -0.4 is 0 Å². The van der Waals surface area contributed by atoms with Crippen LogP contribution in [0.25, 0.3) is 0 Å². The Hall–Kier alpha value is 0.397. The average Bonchev–Trinajstić information content (AvgIpc) is 2.49. The lowest BCUT2D eigenvalue weighted by molar-refractivity contribution is -0.331. The van der Waals surface area contributed by atoms with Gasteiger partial charge in [0.15, 0.2) is 0 Å². The fourth-order valence-electron chi connectivity index (χ4n) is 1.50. The van der Waals surface area contributed by atoms with E-state index in [9.17, 15) is 9.13 Å². The van der Waals surface area contributed by atoms with Gasteiger partial charge in [0, 0.05) is 0 Å². The molecular weight excluding hydrogens is 258 g/mol. The molecule has 2 unspecified atom stereocenters. The van der Waals surface area contributed by atoms with Gasteiger partial charge in [-0.15, -0.1) is 4.67 Å². The largest absolute Gasteiger partial charge is 0.508 e. The van der Waals surface area contributed by atoms with Crippen LogP contribution in [0.3, 0.4) is 0 Å². The number of rotatable bonds is 0. The van der Waals surface area contributed by atoms with Crippen molar-refractivity contribution in [2.75, 3.05) is 6.23 Å². The van der Waals surface area contributed by atoms with Crippen molar-refractivity contribution in [1.82, 2.24) is 0 Å². The third-order valence-electron chi connectivity index (χ3n) is 2.10. The zero-order chi connectivity index (χ0) is 9.66. The first-order valence-electron chi connectivity index (χ1n) is 3.54. The van der Waals surface area contributed by atoms with Gasteiger partial charge in [-0.05, 0) is 0 Å². The van der Waals surface area contributed by atoms with Crippen LogP contribution in [0, 0.1) is 0 Å². The van der Waals surface area contributed by atoms with Crippen molar-refractivity contribution in [3.05, 3.63) is 0 Å². The van der Waals surface area contributed by atoms with Gasteiger partial charge in [0.25, 0.3) is 0 Å². The molecule has 5 aliphatic rings. The van der Waals surface area contributed by atoms with Crippen LogP contribution in [0.4, 0.5) is 0 Å². The van der Waals surface area contributed by atoms with E-state index in [4.69, 9.17) is 26.9 Å². The molecule has 78 valence electrons. The lowest BCUT2D eigenvalue weighted by Crippen LogP contribution is -2.71. The Morgan fingerprint density at radius 3 is 2.57 bits per heavy atom. The summed E-state index contributed by atoms with van der Waals surface area (Å²) in [5, 5.41) is 0. The van der Waals surface area contributed by atoms with Crippen LogP contribution in [0.1, 0.15) is 0 Å². The standard InChI is InChI=1S/C2H2O9P2Si/c3-12-5-1-14-2(6-12,7-12)8-13(4,11-14)9-10-14/h1H2. The first-order chi connectivity index (χ1) is 6.49. The lowest BCUT2D eigenvalue weighted by atomic mass is 11.3. The second kappa shape index (κ2) is 1.96. The molecule has 5 rings (SSSR count). The molecule has 0 aliphatic carbocycles. The van der Waals surface area contributed by atoms with Crippen molar-refractivity contribution in [2.45, 2.75) is 5.60 Å². The van der Waals surface area contributed by atoms with Crippen molar-refractivity contribution in [1.29, 1.82) is 0 Å². The van der Waals surface area contributed by atoms with Crippen molar-refractivity contribution in [3.63, 3.8) is 0 Å².